The van der Waals surface area contributed by atoms with Crippen LogP contribution in [0, 0.1) is 0 Å². The predicted octanol–water partition coefficient (Wildman–Crippen LogP) is 2.30. The van der Waals surface area contributed by atoms with Gasteiger partial charge < -0.3 is 5.73 Å². The molecule has 2 rings (SSSR count). The van der Waals surface area contributed by atoms with Crippen molar-refractivity contribution in [1.82, 2.24) is 4.98 Å². The minimum absolute atomic E-state index is 0.424. The number of aromatic nitrogens is 1. The molecule has 2 heteroatoms. The highest BCUT2D eigenvalue weighted by atomic mass is 14.6. The summed E-state index contributed by atoms with van der Waals surface area (Å²) in [6.07, 6.45) is 3.70. The first-order chi connectivity index (χ1) is 6.81. The van der Waals surface area contributed by atoms with E-state index in [9.17, 15) is 0 Å². The maximum atomic E-state index is 5.64. The van der Waals surface area contributed by atoms with Crippen LogP contribution in [0.15, 0.2) is 36.7 Å². The molecule has 0 unspecified atom stereocenters. The maximum Gasteiger partial charge on any atom is 0.0346 e. The van der Waals surface area contributed by atoms with E-state index in [4.69, 9.17) is 5.73 Å². The van der Waals surface area contributed by atoms with Gasteiger partial charge in [-0.3, -0.25) is 4.98 Å². The average molecular weight is 186 g/mol. The second-order valence-electron chi connectivity index (χ2n) is 3.62. The molecule has 0 aliphatic heterocycles. The molecule has 2 nitrogen and oxygen atoms in total. The monoisotopic (exact) mass is 186 g/mol. The number of benzene rings is 1. The molecule has 0 aliphatic rings. The van der Waals surface area contributed by atoms with Gasteiger partial charge in [-0.1, -0.05) is 25.1 Å². The van der Waals surface area contributed by atoms with Gasteiger partial charge in [0.05, 0.1) is 0 Å². The van der Waals surface area contributed by atoms with Crippen molar-refractivity contribution in [2.75, 3.05) is 6.54 Å². The molecule has 1 aromatic carbocycles. The molecule has 2 N–H and O–H groups in total. The average Bonchev–Trinajstić information content (AvgIpc) is 2.27. The Morgan fingerprint density at radius 2 is 2.14 bits per heavy atom. The number of hydrogen-bond donors (Lipinski definition) is 1. The van der Waals surface area contributed by atoms with E-state index in [1.807, 2.05) is 18.5 Å². The van der Waals surface area contributed by atoms with E-state index in [2.05, 4.69) is 30.1 Å². The molecular weight excluding hydrogens is 172 g/mol. The van der Waals surface area contributed by atoms with Gasteiger partial charge in [-0.2, -0.15) is 0 Å². The van der Waals surface area contributed by atoms with E-state index in [-0.39, 0.29) is 0 Å². The Balaban J connectivity index is 2.51. The van der Waals surface area contributed by atoms with Crippen molar-refractivity contribution < 1.29 is 0 Å². The molecule has 0 fully saturated rings. The van der Waals surface area contributed by atoms with Crippen LogP contribution in [0.25, 0.3) is 10.8 Å². The summed E-state index contributed by atoms with van der Waals surface area (Å²) in [5.41, 5.74) is 6.93. The zero-order valence-corrected chi connectivity index (χ0v) is 8.27. The first kappa shape index (κ1) is 9.16. The van der Waals surface area contributed by atoms with E-state index in [0.29, 0.717) is 12.5 Å². The van der Waals surface area contributed by atoms with Gasteiger partial charge in [0.15, 0.2) is 0 Å². The van der Waals surface area contributed by atoms with Gasteiger partial charge in [-0.15, -0.1) is 0 Å². The van der Waals surface area contributed by atoms with Gasteiger partial charge in [-0.25, -0.2) is 0 Å². The highest BCUT2D eigenvalue weighted by Gasteiger charge is 2.03. The van der Waals surface area contributed by atoms with Crippen molar-refractivity contribution in [2.24, 2.45) is 5.73 Å². The lowest BCUT2D eigenvalue weighted by atomic mass is 9.99. The SMILES string of the molecule is C[C@@H](CN)c1ccc2cnccc2c1. The Bertz CT molecular complexity index is 437. The van der Waals surface area contributed by atoms with Crippen molar-refractivity contribution in [1.29, 1.82) is 0 Å². The molecule has 0 spiro atoms. The van der Waals surface area contributed by atoms with Crippen LogP contribution >= 0.6 is 0 Å². The second kappa shape index (κ2) is 3.76. The summed E-state index contributed by atoms with van der Waals surface area (Å²) in [4.78, 5) is 4.08. The number of fused-ring (bicyclic) bond motifs is 1. The second-order valence-corrected chi connectivity index (χ2v) is 3.62. The molecule has 0 saturated heterocycles. The van der Waals surface area contributed by atoms with E-state index < -0.39 is 0 Å². The zero-order chi connectivity index (χ0) is 9.97. The van der Waals surface area contributed by atoms with Crippen LogP contribution in [0.3, 0.4) is 0 Å². The van der Waals surface area contributed by atoms with Crippen LogP contribution in [-0.2, 0) is 0 Å². The quantitative estimate of drug-likeness (QED) is 0.781. The van der Waals surface area contributed by atoms with E-state index in [1.54, 1.807) is 0 Å². The summed E-state index contributed by atoms with van der Waals surface area (Å²) in [6.45, 7) is 2.83. The lowest BCUT2D eigenvalue weighted by molar-refractivity contribution is 0.775. The molecule has 0 bridgehead atoms. The van der Waals surface area contributed by atoms with Gasteiger partial charge in [0.2, 0.25) is 0 Å². The number of hydrogen-bond acceptors (Lipinski definition) is 2. The van der Waals surface area contributed by atoms with Gasteiger partial charge in [-0.05, 0) is 29.5 Å². The Kier molecular flexibility index (Phi) is 2.46. The minimum Gasteiger partial charge on any atom is -0.330 e. The van der Waals surface area contributed by atoms with Crippen LogP contribution in [0.2, 0.25) is 0 Å². The molecule has 1 atom stereocenters. The third kappa shape index (κ3) is 1.61. The normalized spacial score (nSPS) is 13.0. The molecule has 0 saturated carbocycles. The Morgan fingerprint density at radius 1 is 1.29 bits per heavy atom. The Morgan fingerprint density at radius 3 is 2.93 bits per heavy atom. The van der Waals surface area contributed by atoms with Crippen LogP contribution in [0.4, 0.5) is 0 Å². The molecule has 0 amide bonds. The van der Waals surface area contributed by atoms with Crippen LogP contribution in [-0.4, -0.2) is 11.5 Å². The van der Waals surface area contributed by atoms with Crippen molar-refractivity contribution in [3.8, 4) is 0 Å². The molecule has 72 valence electrons. The van der Waals surface area contributed by atoms with Crippen molar-refractivity contribution in [3.05, 3.63) is 42.2 Å². The lowest BCUT2D eigenvalue weighted by Gasteiger charge is -2.09. The number of nitrogens with two attached hydrogens (primary N) is 1. The standard InChI is InChI=1S/C12H14N2/c1-9(7-13)10-2-3-12-8-14-5-4-11(12)6-10/h2-6,8-9H,7,13H2,1H3/t9-/m0/s1. The maximum absolute atomic E-state index is 5.64. The van der Waals surface area contributed by atoms with E-state index >= 15 is 0 Å². The van der Waals surface area contributed by atoms with Gasteiger partial charge >= 0.3 is 0 Å². The number of nitrogens with zero attached hydrogens (tertiary/aromatic N) is 1. The fourth-order valence-corrected chi connectivity index (χ4v) is 1.54. The smallest absolute Gasteiger partial charge is 0.0346 e. The molecule has 1 aromatic heterocycles. The first-order valence-corrected chi connectivity index (χ1v) is 4.85. The third-order valence-electron chi connectivity index (χ3n) is 2.59. The molecule has 14 heavy (non-hydrogen) atoms. The highest BCUT2D eigenvalue weighted by Crippen LogP contribution is 2.19. The summed E-state index contributed by atoms with van der Waals surface area (Å²) >= 11 is 0. The predicted molar refractivity (Wildman–Crippen MR) is 59.2 cm³/mol. The summed E-state index contributed by atoms with van der Waals surface area (Å²) in [5.74, 6) is 0.424. The fourth-order valence-electron chi connectivity index (χ4n) is 1.54. The van der Waals surface area contributed by atoms with Crippen LogP contribution in [0.1, 0.15) is 18.4 Å². The van der Waals surface area contributed by atoms with E-state index in [0.717, 1.165) is 0 Å². The Hall–Kier alpha value is -1.41. The highest BCUT2D eigenvalue weighted by molar-refractivity contribution is 5.82. The van der Waals surface area contributed by atoms with Crippen LogP contribution in [0.5, 0.6) is 0 Å². The molecule has 1 heterocycles. The van der Waals surface area contributed by atoms with Gasteiger partial charge in [0.25, 0.3) is 0 Å². The zero-order valence-electron chi connectivity index (χ0n) is 8.27. The fraction of sp³-hybridized carbons (Fsp3) is 0.250. The van der Waals surface area contributed by atoms with Crippen LogP contribution < -0.4 is 5.73 Å². The largest absolute Gasteiger partial charge is 0.330 e. The third-order valence-corrected chi connectivity index (χ3v) is 2.59. The first-order valence-electron chi connectivity index (χ1n) is 4.85. The minimum atomic E-state index is 0.424. The lowest BCUT2D eigenvalue weighted by Crippen LogP contribution is -2.08. The summed E-state index contributed by atoms with van der Waals surface area (Å²) in [6, 6.07) is 8.45. The van der Waals surface area contributed by atoms with Crippen molar-refractivity contribution in [2.45, 2.75) is 12.8 Å². The molecule has 0 aliphatic carbocycles. The molecular formula is C12H14N2. The van der Waals surface area contributed by atoms with Crippen molar-refractivity contribution >= 4 is 10.8 Å². The molecule has 2 aromatic rings. The summed E-state index contributed by atoms with van der Waals surface area (Å²) in [5, 5.41) is 2.42. The van der Waals surface area contributed by atoms with E-state index in [1.165, 1.54) is 16.3 Å². The Labute approximate surface area is 83.8 Å². The molecule has 0 radical (unpaired) electrons. The number of pyridine rings is 1. The van der Waals surface area contributed by atoms with Gasteiger partial charge in [0, 0.05) is 17.8 Å². The summed E-state index contributed by atoms with van der Waals surface area (Å²) < 4.78 is 0. The summed E-state index contributed by atoms with van der Waals surface area (Å²) in [7, 11) is 0. The number of rotatable bonds is 2. The topological polar surface area (TPSA) is 38.9 Å². The van der Waals surface area contributed by atoms with Crippen molar-refractivity contribution in [3.63, 3.8) is 0 Å². The van der Waals surface area contributed by atoms with Gasteiger partial charge in [0.1, 0.15) is 0 Å².